The van der Waals surface area contributed by atoms with Crippen molar-refractivity contribution in [3.8, 4) is 0 Å². The van der Waals surface area contributed by atoms with E-state index in [0.29, 0.717) is 0 Å². The average molecular weight is 181 g/mol. The van der Waals surface area contributed by atoms with Gasteiger partial charge in [0.25, 0.3) is 0 Å². The number of hydrogen-bond acceptors (Lipinski definition) is 0. The summed E-state index contributed by atoms with van der Waals surface area (Å²) in [6.45, 7) is 2.18. The minimum Gasteiger partial charge on any atom is -0.118 e. The van der Waals surface area contributed by atoms with Gasteiger partial charge < -0.3 is 0 Å². The highest BCUT2D eigenvalue weighted by atomic mass is 35.5. The van der Waals surface area contributed by atoms with Crippen LogP contribution in [0.3, 0.4) is 0 Å². The van der Waals surface area contributed by atoms with Crippen LogP contribution in [-0.4, -0.2) is 0 Å². The number of fused-ring (bicyclic) bond motifs is 1. The van der Waals surface area contributed by atoms with E-state index >= 15 is 0 Å². The van der Waals surface area contributed by atoms with E-state index in [1.807, 2.05) is 0 Å². The first kappa shape index (κ1) is 8.12. The zero-order chi connectivity index (χ0) is 8.55. The Balaban J connectivity index is 2.43. The van der Waals surface area contributed by atoms with Gasteiger partial charge in [0.15, 0.2) is 0 Å². The van der Waals surface area contributed by atoms with Gasteiger partial charge in [-0.05, 0) is 36.0 Å². The lowest BCUT2D eigenvalue weighted by atomic mass is 10.1. The van der Waals surface area contributed by atoms with E-state index in [4.69, 9.17) is 11.6 Å². The lowest BCUT2D eigenvalue weighted by Crippen LogP contribution is -1.87. The van der Waals surface area contributed by atoms with Crippen molar-refractivity contribution in [1.82, 2.24) is 0 Å². The van der Waals surface area contributed by atoms with Crippen molar-refractivity contribution in [2.75, 3.05) is 0 Å². The van der Waals surface area contributed by atoms with Gasteiger partial charge in [0, 0.05) is 0 Å². The Morgan fingerprint density at radius 2 is 2.33 bits per heavy atom. The van der Waals surface area contributed by atoms with E-state index in [1.165, 1.54) is 16.7 Å². The Morgan fingerprint density at radius 1 is 1.50 bits per heavy atom. The van der Waals surface area contributed by atoms with Crippen molar-refractivity contribution < 1.29 is 0 Å². The second kappa shape index (κ2) is 3.10. The first-order valence-corrected chi connectivity index (χ1v) is 5.00. The molecule has 1 aliphatic carbocycles. The molecule has 0 aromatic heterocycles. The molecule has 0 aliphatic heterocycles. The van der Waals surface area contributed by atoms with Crippen LogP contribution in [0.2, 0.25) is 0 Å². The molecule has 0 radical (unpaired) electrons. The van der Waals surface area contributed by atoms with Crippen LogP contribution in [0.4, 0.5) is 0 Å². The number of hydrogen-bond donors (Lipinski definition) is 0. The van der Waals surface area contributed by atoms with Gasteiger partial charge in [-0.15, -0.1) is 11.6 Å². The summed E-state index contributed by atoms with van der Waals surface area (Å²) in [5.74, 6) is 0. The molecule has 0 heterocycles. The summed E-state index contributed by atoms with van der Waals surface area (Å²) in [7, 11) is 0. The van der Waals surface area contributed by atoms with Crippen molar-refractivity contribution >= 4 is 11.6 Å². The Kier molecular flexibility index (Phi) is 2.10. The minimum absolute atomic E-state index is 0.270. The monoisotopic (exact) mass is 180 g/mol. The molecule has 0 bridgehead atoms. The lowest BCUT2D eigenvalue weighted by molar-refractivity contribution is 0.881. The van der Waals surface area contributed by atoms with Crippen LogP contribution in [0.1, 0.15) is 35.4 Å². The molecule has 0 saturated carbocycles. The van der Waals surface area contributed by atoms with E-state index in [9.17, 15) is 0 Å². The summed E-state index contributed by atoms with van der Waals surface area (Å²) in [6, 6.07) is 6.71. The van der Waals surface area contributed by atoms with Crippen molar-refractivity contribution in [3.05, 3.63) is 34.9 Å². The van der Waals surface area contributed by atoms with Gasteiger partial charge in [-0.1, -0.05) is 25.1 Å². The van der Waals surface area contributed by atoms with E-state index in [1.54, 1.807) is 0 Å². The van der Waals surface area contributed by atoms with Gasteiger partial charge in [-0.2, -0.15) is 0 Å². The molecule has 0 spiro atoms. The fourth-order valence-electron chi connectivity index (χ4n) is 1.82. The maximum absolute atomic E-state index is 6.17. The highest BCUT2D eigenvalue weighted by Crippen LogP contribution is 2.36. The third-order valence-electron chi connectivity index (χ3n) is 2.62. The number of rotatable bonds is 1. The van der Waals surface area contributed by atoms with Crippen LogP contribution in [0.15, 0.2) is 18.2 Å². The molecule has 0 saturated heterocycles. The highest BCUT2D eigenvalue weighted by molar-refractivity contribution is 6.21. The van der Waals surface area contributed by atoms with Crippen LogP contribution in [0.25, 0.3) is 0 Å². The third-order valence-corrected chi connectivity index (χ3v) is 3.08. The van der Waals surface area contributed by atoms with Crippen molar-refractivity contribution in [2.45, 2.75) is 31.6 Å². The normalized spacial score (nSPS) is 21.0. The first-order valence-electron chi connectivity index (χ1n) is 4.57. The number of halogens is 1. The van der Waals surface area contributed by atoms with Crippen molar-refractivity contribution in [3.63, 3.8) is 0 Å². The fraction of sp³-hybridized carbons (Fsp3) is 0.455. The number of benzene rings is 1. The highest BCUT2D eigenvalue weighted by Gasteiger charge is 2.19. The summed E-state index contributed by atoms with van der Waals surface area (Å²) in [5.41, 5.74) is 4.23. The molecule has 1 aliphatic rings. The van der Waals surface area contributed by atoms with Crippen LogP contribution in [0.5, 0.6) is 0 Å². The summed E-state index contributed by atoms with van der Waals surface area (Å²) in [6.07, 6.45) is 3.38. The zero-order valence-electron chi connectivity index (χ0n) is 7.31. The van der Waals surface area contributed by atoms with E-state index in [0.717, 1.165) is 19.3 Å². The quantitative estimate of drug-likeness (QED) is 0.581. The van der Waals surface area contributed by atoms with Crippen molar-refractivity contribution in [1.29, 1.82) is 0 Å². The van der Waals surface area contributed by atoms with Crippen LogP contribution in [0, 0.1) is 0 Å². The van der Waals surface area contributed by atoms with Gasteiger partial charge in [0.05, 0.1) is 5.38 Å². The topological polar surface area (TPSA) is 0 Å². The second-order valence-corrected chi connectivity index (χ2v) is 3.92. The lowest BCUT2D eigenvalue weighted by Gasteiger charge is -2.04. The SMILES string of the molecule is CCc1ccc2c(c1)C(Cl)CC2. The molecule has 0 amide bonds. The number of alkyl halides is 1. The summed E-state index contributed by atoms with van der Waals surface area (Å²) in [5, 5.41) is 0.270. The zero-order valence-corrected chi connectivity index (χ0v) is 8.06. The Labute approximate surface area is 78.6 Å². The van der Waals surface area contributed by atoms with Crippen LogP contribution in [-0.2, 0) is 12.8 Å². The molecule has 2 rings (SSSR count). The molecule has 1 atom stereocenters. The Hall–Kier alpha value is -0.490. The van der Waals surface area contributed by atoms with Crippen LogP contribution >= 0.6 is 11.6 Å². The number of aryl methyl sites for hydroxylation is 2. The molecule has 0 nitrogen and oxygen atoms in total. The molecular formula is C11H13Cl. The molecule has 0 N–H and O–H groups in total. The van der Waals surface area contributed by atoms with Gasteiger partial charge in [-0.3, -0.25) is 0 Å². The molecule has 0 fully saturated rings. The molecule has 1 unspecified atom stereocenters. The maximum Gasteiger partial charge on any atom is 0.0591 e. The smallest absolute Gasteiger partial charge is 0.0591 e. The molecule has 64 valence electrons. The molecule has 1 aromatic rings. The minimum atomic E-state index is 0.270. The Bertz CT molecular complexity index is 291. The van der Waals surface area contributed by atoms with E-state index in [2.05, 4.69) is 25.1 Å². The molecule has 1 aromatic carbocycles. The fourth-order valence-corrected chi connectivity index (χ4v) is 2.13. The molecule has 1 heteroatoms. The summed E-state index contributed by atoms with van der Waals surface area (Å²) >= 11 is 6.17. The van der Waals surface area contributed by atoms with Crippen LogP contribution < -0.4 is 0 Å². The predicted molar refractivity (Wildman–Crippen MR) is 52.7 cm³/mol. The van der Waals surface area contributed by atoms with Gasteiger partial charge >= 0.3 is 0 Å². The summed E-state index contributed by atoms with van der Waals surface area (Å²) < 4.78 is 0. The van der Waals surface area contributed by atoms with Gasteiger partial charge in [-0.25, -0.2) is 0 Å². The molecule has 12 heavy (non-hydrogen) atoms. The van der Waals surface area contributed by atoms with Gasteiger partial charge in [0.2, 0.25) is 0 Å². The van der Waals surface area contributed by atoms with Crippen molar-refractivity contribution in [2.24, 2.45) is 0 Å². The predicted octanol–water partition coefficient (Wildman–Crippen LogP) is 3.48. The second-order valence-electron chi connectivity index (χ2n) is 3.39. The first-order chi connectivity index (χ1) is 5.81. The average Bonchev–Trinajstić information content (AvgIpc) is 2.47. The van der Waals surface area contributed by atoms with Gasteiger partial charge in [0.1, 0.15) is 0 Å². The summed E-state index contributed by atoms with van der Waals surface area (Å²) in [4.78, 5) is 0. The van der Waals surface area contributed by atoms with E-state index in [-0.39, 0.29) is 5.38 Å². The molecular weight excluding hydrogens is 168 g/mol. The van der Waals surface area contributed by atoms with E-state index < -0.39 is 0 Å². The standard InChI is InChI=1S/C11H13Cl/c1-2-8-3-4-9-5-6-11(12)10(9)7-8/h3-4,7,11H,2,5-6H2,1H3. The largest absolute Gasteiger partial charge is 0.118 e. The third kappa shape index (κ3) is 1.25. The Morgan fingerprint density at radius 3 is 3.08 bits per heavy atom. The maximum atomic E-state index is 6.17.